The van der Waals surface area contributed by atoms with Gasteiger partial charge in [-0.05, 0) is 36.1 Å². The van der Waals surface area contributed by atoms with Crippen LogP contribution in [0.2, 0.25) is 5.02 Å². The summed E-state index contributed by atoms with van der Waals surface area (Å²) in [6.07, 6.45) is 0. The molecule has 27 heavy (non-hydrogen) atoms. The van der Waals surface area contributed by atoms with Crippen molar-refractivity contribution in [3.05, 3.63) is 71.2 Å². The van der Waals surface area contributed by atoms with E-state index in [-0.39, 0.29) is 17.5 Å². The molecular weight excluding hydrogens is 384 g/mol. The van der Waals surface area contributed by atoms with E-state index in [4.69, 9.17) is 11.6 Å². The molecule has 0 unspecified atom stereocenters. The zero-order valence-corrected chi connectivity index (χ0v) is 16.1. The molecule has 0 fully saturated rings. The van der Waals surface area contributed by atoms with Gasteiger partial charge in [0.25, 0.3) is 10.0 Å². The molecule has 0 spiro atoms. The van der Waals surface area contributed by atoms with Crippen LogP contribution in [0.1, 0.15) is 18.5 Å². The summed E-state index contributed by atoms with van der Waals surface area (Å²) in [5, 5.41) is 4.88. The van der Waals surface area contributed by atoms with Gasteiger partial charge < -0.3 is 5.32 Å². The quantitative estimate of drug-likeness (QED) is 0.722. The Bertz CT molecular complexity index is 1160. The molecular formula is C20H17ClN2O3S. The fourth-order valence-corrected chi connectivity index (χ4v) is 5.42. The lowest BCUT2D eigenvalue weighted by Crippen LogP contribution is -2.39. The predicted molar refractivity (Wildman–Crippen MR) is 106 cm³/mol. The molecule has 1 N–H and O–H groups in total. The second kappa shape index (κ2) is 6.55. The summed E-state index contributed by atoms with van der Waals surface area (Å²) in [4.78, 5) is 12.8. The first-order valence-corrected chi connectivity index (χ1v) is 10.3. The minimum absolute atomic E-state index is 0.238. The molecule has 0 saturated carbocycles. The Morgan fingerprint density at radius 1 is 1.07 bits per heavy atom. The highest BCUT2D eigenvalue weighted by Crippen LogP contribution is 2.41. The van der Waals surface area contributed by atoms with Crippen LogP contribution >= 0.6 is 11.6 Å². The van der Waals surface area contributed by atoms with Crippen LogP contribution in [-0.2, 0) is 14.8 Å². The maximum Gasteiger partial charge on any atom is 0.265 e. The van der Waals surface area contributed by atoms with Gasteiger partial charge in [0.05, 0.1) is 16.6 Å². The van der Waals surface area contributed by atoms with E-state index in [1.165, 1.54) is 4.31 Å². The molecule has 4 rings (SSSR count). The third-order valence-electron chi connectivity index (χ3n) is 4.72. The van der Waals surface area contributed by atoms with Crippen LogP contribution < -0.4 is 9.62 Å². The molecule has 0 bridgehead atoms. The van der Waals surface area contributed by atoms with Crippen LogP contribution in [0.25, 0.3) is 10.8 Å². The van der Waals surface area contributed by atoms with Crippen molar-refractivity contribution in [2.24, 2.45) is 0 Å². The summed E-state index contributed by atoms with van der Waals surface area (Å²) in [7, 11) is -3.76. The Kier molecular flexibility index (Phi) is 4.32. The van der Waals surface area contributed by atoms with Crippen LogP contribution in [-0.4, -0.2) is 20.9 Å². The molecule has 5 nitrogen and oxygen atoms in total. The number of nitrogens with zero attached hydrogens (tertiary/aromatic N) is 1. The van der Waals surface area contributed by atoms with E-state index >= 15 is 0 Å². The van der Waals surface area contributed by atoms with Gasteiger partial charge in [-0.25, -0.2) is 8.42 Å². The molecule has 1 aliphatic heterocycles. The molecule has 3 aromatic rings. The number of hydrogen-bond donors (Lipinski definition) is 1. The average Bonchev–Trinajstić information content (AvgIpc) is 2.85. The van der Waals surface area contributed by atoms with Crippen LogP contribution in [0, 0.1) is 0 Å². The van der Waals surface area contributed by atoms with Crippen molar-refractivity contribution in [3.8, 4) is 0 Å². The van der Waals surface area contributed by atoms with E-state index in [0.29, 0.717) is 16.1 Å². The van der Waals surface area contributed by atoms with Gasteiger partial charge in [0.2, 0.25) is 5.91 Å². The van der Waals surface area contributed by atoms with Crippen molar-refractivity contribution in [1.82, 2.24) is 5.32 Å². The third kappa shape index (κ3) is 2.95. The van der Waals surface area contributed by atoms with Crippen LogP contribution in [0.5, 0.6) is 0 Å². The topological polar surface area (TPSA) is 66.5 Å². The highest BCUT2D eigenvalue weighted by molar-refractivity contribution is 7.93. The SMILES string of the molecule is C[C@H](NC(=O)CN1c2cccc3cccc(c23)S1(=O)=O)c1ccccc1Cl. The Morgan fingerprint density at radius 2 is 1.78 bits per heavy atom. The van der Waals surface area contributed by atoms with Gasteiger partial charge in [-0.1, -0.05) is 54.1 Å². The van der Waals surface area contributed by atoms with E-state index in [9.17, 15) is 13.2 Å². The van der Waals surface area contributed by atoms with E-state index in [2.05, 4.69) is 5.32 Å². The number of carbonyl (C=O) groups is 1. The van der Waals surface area contributed by atoms with Gasteiger partial charge >= 0.3 is 0 Å². The van der Waals surface area contributed by atoms with Crippen molar-refractivity contribution in [1.29, 1.82) is 0 Å². The van der Waals surface area contributed by atoms with Gasteiger partial charge in [0.15, 0.2) is 0 Å². The van der Waals surface area contributed by atoms with Gasteiger partial charge in [-0.15, -0.1) is 0 Å². The van der Waals surface area contributed by atoms with Crippen molar-refractivity contribution in [2.75, 3.05) is 10.8 Å². The highest BCUT2D eigenvalue weighted by atomic mass is 35.5. The molecule has 1 atom stereocenters. The molecule has 138 valence electrons. The first kappa shape index (κ1) is 17.8. The first-order valence-electron chi connectivity index (χ1n) is 8.48. The number of hydrogen-bond acceptors (Lipinski definition) is 3. The summed E-state index contributed by atoms with van der Waals surface area (Å²) >= 11 is 6.18. The number of sulfonamides is 1. The summed E-state index contributed by atoms with van der Waals surface area (Å²) in [5.41, 5.74) is 1.31. The normalized spacial score (nSPS) is 15.7. The summed E-state index contributed by atoms with van der Waals surface area (Å²) < 4.78 is 27.0. The zero-order chi connectivity index (χ0) is 19.2. The number of nitrogens with one attached hydrogen (secondary N) is 1. The maximum atomic E-state index is 12.9. The van der Waals surface area contributed by atoms with Crippen molar-refractivity contribution >= 4 is 44.0 Å². The fourth-order valence-electron chi connectivity index (χ4n) is 3.45. The molecule has 1 amide bonds. The number of amides is 1. The van der Waals surface area contributed by atoms with Crippen LogP contribution in [0.15, 0.2) is 65.6 Å². The van der Waals surface area contributed by atoms with Crippen molar-refractivity contribution < 1.29 is 13.2 Å². The lowest BCUT2D eigenvalue weighted by Gasteiger charge is -2.21. The molecule has 1 heterocycles. The second-order valence-electron chi connectivity index (χ2n) is 6.45. The Morgan fingerprint density at radius 3 is 2.52 bits per heavy atom. The predicted octanol–water partition coefficient (Wildman–Crippen LogP) is 3.88. The highest BCUT2D eigenvalue weighted by Gasteiger charge is 2.36. The number of carbonyl (C=O) groups excluding carboxylic acids is 1. The Balaban J connectivity index is 1.61. The first-order chi connectivity index (χ1) is 12.9. The Hall–Kier alpha value is -2.57. The van der Waals surface area contributed by atoms with Crippen LogP contribution in [0.3, 0.4) is 0 Å². The maximum absolute atomic E-state index is 12.9. The standard InChI is InChI=1S/C20H17ClN2O3S/c1-13(15-8-2-3-9-16(15)21)22-19(24)12-23-17-10-4-6-14-7-5-11-18(20(14)17)27(23,25)26/h2-11,13H,12H2,1H3,(H,22,24)/t13-/m0/s1. The van der Waals surface area contributed by atoms with Crippen molar-refractivity contribution in [3.63, 3.8) is 0 Å². The molecule has 3 aromatic carbocycles. The molecule has 0 aromatic heterocycles. The molecule has 0 radical (unpaired) electrons. The minimum atomic E-state index is -3.76. The van der Waals surface area contributed by atoms with Gasteiger partial charge in [-0.3, -0.25) is 9.10 Å². The van der Waals surface area contributed by atoms with E-state index in [1.807, 2.05) is 37.3 Å². The smallest absolute Gasteiger partial charge is 0.265 e. The van der Waals surface area contributed by atoms with Gasteiger partial charge in [-0.2, -0.15) is 0 Å². The van der Waals surface area contributed by atoms with Crippen LogP contribution in [0.4, 0.5) is 5.69 Å². The molecule has 1 aliphatic rings. The third-order valence-corrected chi connectivity index (χ3v) is 6.86. The lowest BCUT2D eigenvalue weighted by atomic mass is 10.1. The number of benzene rings is 3. The largest absolute Gasteiger partial charge is 0.348 e. The molecule has 0 aliphatic carbocycles. The van der Waals surface area contributed by atoms with Crippen molar-refractivity contribution in [2.45, 2.75) is 17.9 Å². The fraction of sp³-hybridized carbons (Fsp3) is 0.150. The summed E-state index contributed by atoms with van der Waals surface area (Å²) in [6, 6.07) is 17.4. The monoisotopic (exact) mass is 400 g/mol. The van der Waals surface area contributed by atoms with Gasteiger partial charge in [0.1, 0.15) is 6.54 Å². The second-order valence-corrected chi connectivity index (χ2v) is 8.69. The summed E-state index contributed by atoms with van der Waals surface area (Å²) in [5.74, 6) is -0.393. The average molecular weight is 401 g/mol. The zero-order valence-electron chi connectivity index (χ0n) is 14.5. The minimum Gasteiger partial charge on any atom is -0.348 e. The summed E-state index contributed by atoms with van der Waals surface area (Å²) in [6.45, 7) is 1.53. The Labute approximate surface area is 162 Å². The van der Waals surface area contributed by atoms with E-state index in [0.717, 1.165) is 10.9 Å². The van der Waals surface area contributed by atoms with E-state index in [1.54, 1.807) is 30.3 Å². The lowest BCUT2D eigenvalue weighted by molar-refractivity contribution is -0.120. The van der Waals surface area contributed by atoms with E-state index < -0.39 is 15.9 Å². The number of rotatable bonds is 4. The number of anilines is 1. The molecule has 0 saturated heterocycles. The molecule has 7 heteroatoms. The van der Waals surface area contributed by atoms with Gasteiger partial charge in [0, 0.05) is 10.4 Å². The number of halogens is 1.